The van der Waals surface area contributed by atoms with Crippen molar-refractivity contribution in [1.82, 2.24) is 14.8 Å². The van der Waals surface area contributed by atoms with Crippen molar-refractivity contribution in [3.8, 4) is 0 Å². The highest BCUT2D eigenvalue weighted by atomic mass is 32.2. The Labute approximate surface area is 86.9 Å². The van der Waals surface area contributed by atoms with Gasteiger partial charge in [0, 0.05) is 6.54 Å². The minimum absolute atomic E-state index is 0.563. The molecule has 0 radical (unpaired) electrons. The van der Waals surface area contributed by atoms with E-state index in [1.165, 1.54) is 18.6 Å². The minimum Gasteiger partial charge on any atom is -0.303 e. The summed E-state index contributed by atoms with van der Waals surface area (Å²) in [5.41, 5.74) is 0. The van der Waals surface area contributed by atoms with Gasteiger partial charge in [-0.1, -0.05) is 0 Å². The van der Waals surface area contributed by atoms with Gasteiger partial charge in [-0.2, -0.15) is 16.9 Å². The topological polar surface area (TPSA) is 33.6 Å². The van der Waals surface area contributed by atoms with Crippen molar-refractivity contribution >= 4 is 24.0 Å². The summed E-state index contributed by atoms with van der Waals surface area (Å²) >= 11 is 7.13. The Morgan fingerprint density at radius 3 is 3.23 bits per heavy atom. The van der Waals surface area contributed by atoms with Gasteiger partial charge in [0.1, 0.15) is 5.82 Å². The van der Waals surface area contributed by atoms with Crippen LogP contribution in [-0.4, -0.2) is 20.5 Å². The lowest BCUT2D eigenvalue weighted by atomic mass is 10.2. The molecule has 13 heavy (non-hydrogen) atoms. The van der Waals surface area contributed by atoms with Gasteiger partial charge in [0.15, 0.2) is 4.77 Å². The molecule has 1 saturated heterocycles. The van der Waals surface area contributed by atoms with Crippen LogP contribution in [0.1, 0.15) is 30.8 Å². The molecule has 0 spiro atoms. The van der Waals surface area contributed by atoms with Crippen molar-refractivity contribution in [1.29, 1.82) is 0 Å². The summed E-state index contributed by atoms with van der Waals surface area (Å²) in [7, 11) is 0. The third-order valence-corrected chi connectivity index (χ3v) is 4.01. The van der Waals surface area contributed by atoms with E-state index < -0.39 is 0 Å². The quantitative estimate of drug-likeness (QED) is 0.770. The van der Waals surface area contributed by atoms with Crippen LogP contribution in [0.2, 0.25) is 0 Å². The molecule has 1 atom stereocenters. The average molecular weight is 215 g/mol. The molecular formula is C8H13N3S2. The van der Waals surface area contributed by atoms with E-state index in [0.29, 0.717) is 5.25 Å². The van der Waals surface area contributed by atoms with Crippen LogP contribution in [0.5, 0.6) is 0 Å². The van der Waals surface area contributed by atoms with Gasteiger partial charge in [0.05, 0.1) is 5.25 Å². The Hall–Kier alpha value is -0.290. The largest absolute Gasteiger partial charge is 0.303 e. The minimum atomic E-state index is 0.563. The molecule has 0 aromatic carbocycles. The van der Waals surface area contributed by atoms with Gasteiger partial charge >= 0.3 is 0 Å². The fourth-order valence-corrected chi connectivity index (χ4v) is 3.21. The van der Waals surface area contributed by atoms with Crippen LogP contribution in [0.25, 0.3) is 0 Å². The van der Waals surface area contributed by atoms with Gasteiger partial charge in [0.25, 0.3) is 0 Å². The average Bonchev–Trinajstić information content (AvgIpc) is 2.71. The Balaban J connectivity index is 2.33. The van der Waals surface area contributed by atoms with E-state index >= 15 is 0 Å². The number of rotatable bonds is 2. The number of hydrogen-bond acceptors (Lipinski definition) is 3. The SMILES string of the molecule is CCn1c(C2CCCS2)n[nH]c1=S. The van der Waals surface area contributed by atoms with Gasteiger partial charge in [-0.3, -0.25) is 5.10 Å². The predicted molar refractivity (Wildman–Crippen MR) is 57.5 cm³/mol. The van der Waals surface area contributed by atoms with E-state index in [9.17, 15) is 0 Å². The molecule has 3 nitrogen and oxygen atoms in total. The molecule has 0 aliphatic carbocycles. The van der Waals surface area contributed by atoms with Gasteiger partial charge in [-0.25, -0.2) is 0 Å². The molecule has 1 unspecified atom stereocenters. The number of nitrogens with zero attached hydrogens (tertiary/aromatic N) is 2. The van der Waals surface area contributed by atoms with Gasteiger partial charge in [-0.15, -0.1) is 0 Å². The molecule has 1 N–H and O–H groups in total. The lowest BCUT2D eigenvalue weighted by molar-refractivity contribution is 0.664. The second kappa shape index (κ2) is 3.84. The molecule has 5 heteroatoms. The summed E-state index contributed by atoms with van der Waals surface area (Å²) in [6, 6.07) is 0. The van der Waals surface area contributed by atoms with Crippen LogP contribution in [0.4, 0.5) is 0 Å². The molecule has 1 aliphatic rings. The molecule has 0 bridgehead atoms. The highest BCUT2D eigenvalue weighted by Gasteiger charge is 2.22. The van der Waals surface area contributed by atoms with Crippen LogP contribution in [0, 0.1) is 4.77 Å². The number of H-pyrrole nitrogens is 1. The first kappa shape index (κ1) is 9.27. The Morgan fingerprint density at radius 2 is 2.62 bits per heavy atom. The highest BCUT2D eigenvalue weighted by Crippen LogP contribution is 2.38. The van der Waals surface area contributed by atoms with E-state index in [-0.39, 0.29) is 0 Å². The summed E-state index contributed by atoms with van der Waals surface area (Å²) < 4.78 is 2.85. The zero-order chi connectivity index (χ0) is 9.26. The Morgan fingerprint density at radius 1 is 1.77 bits per heavy atom. The van der Waals surface area contributed by atoms with Crippen molar-refractivity contribution in [2.45, 2.75) is 31.6 Å². The molecule has 1 fully saturated rings. The summed E-state index contributed by atoms with van der Waals surface area (Å²) in [6.45, 7) is 3.02. The summed E-state index contributed by atoms with van der Waals surface area (Å²) in [5, 5.41) is 7.72. The lowest BCUT2D eigenvalue weighted by Gasteiger charge is -2.08. The van der Waals surface area contributed by atoms with Crippen LogP contribution >= 0.6 is 24.0 Å². The van der Waals surface area contributed by atoms with Gasteiger partial charge in [-0.05, 0) is 37.7 Å². The fourth-order valence-electron chi connectivity index (χ4n) is 1.66. The lowest BCUT2D eigenvalue weighted by Crippen LogP contribution is -2.03. The smallest absolute Gasteiger partial charge is 0.195 e. The maximum absolute atomic E-state index is 5.14. The predicted octanol–water partition coefficient (Wildman–Crippen LogP) is 2.53. The van der Waals surface area contributed by atoms with Crippen LogP contribution in [-0.2, 0) is 6.54 Å². The van der Waals surface area contributed by atoms with Crippen molar-refractivity contribution in [2.24, 2.45) is 0 Å². The number of thioether (sulfide) groups is 1. The molecule has 1 aliphatic heterocycles. The first-order valence-electron chi connectivity index (χ1n) is 4.59. The normalized spacial score (nSPS) is 22.4. The zero-order valence-electron chi connectivity index (χ0n) is 7.62. The van der Waals surface area contributed by atoms with E-state index in [4.69, 9.17) is 12.2 Å². The van der Waals surface area contributed by atoms with Crippen LogP contribution in [0.15, 0.2) is 0 Å². The third kappa shape index (κ3) is 1.67. The number of hydrogen-bond donors (Lipinski definition) is 1. The van der Waals surface area contributed by atoms with Crippen LogP contribution in [0.3, 0.4) is 0 Å². The second-order valence-electron chi connectivity index (χ2n) is 3.13. The van der Waals surface area contributed by atoms with Gasteiger partial charge < -0.3 is 4.57 Å². The molecule has 1 aromatic rings. The number of aromatic nitrogens is 3. The van der Waals surface area contributed by atoms with Gasteiger partial charge in [0.2, 0.25) is 0 Å². The van der Waals surface area contributed by atoms with Crippen molar-refractivity contribution < 1.29 is 0 Å². The Bertz CT molecular complexity index is 335. The van der Waals surface area contributed by atoms with E-state index in [1.54, 1.807) is 0 Å². The molecule has 0 saturated carbocycles. The summed E-state index contributed by atoms with van der Waals surface area (Å²) in [4.78, 5) is 0. The second-order valence-corrected chi connectivity index (χ2v) is 4.83. The maximum Gasteiger partial charge on any atom is 0.195 e. The van der Waals surface area contributed by atoms with Crippen molar-refractivity contribution in [3.63, 3.8) is 0 Å². The molecule has 72 valence electrons. The third-order valence-electron chi connectivity index (χ3n) is 2.32. The summed E-state index contributed by atoms with van der Waals surface area (Å²) in [6.07, 6.45) is 2.54. The molecule has 1 aromatic heterocycles. The van der Waals surface area contributed by atoms with E-state index in [1.807, 2.05) is 11.8 Å². The fraction of sp³-hybridized carbons (Fsp3) is 0.750. The monoisotopic (exact) mass is 215 g/mol. The zero-order valence-corrected chi connectivity index (χ0v) is 9.25. The van der Waals surface area contributed by atoms with E-state index in [2.05, 4.69) is 21.7 Å². The van der Waals surface area contributed by atoms with Crippen molar-refractivity contribution in [2.75, 3.05) is 5.75 Å². The molecular weight excluding hydrogens is 202 g/mol. The molecule has 0 amide bonds. The van der Waals surface area contributed by atoms with E-state index in [0.717, 1.165) is 17.1 Å². The number of nitrogens with one attached hydrogen (secondary N) is 1. The molecule has 2 heterocycles. The number of aromatic amines is 1. The summed E-state index contributed by atoms with van der Waals surface area (Å²) in [5.74, 6) is 2.39. The first-order chi connectivity index (χ1) is 6.33. The maximum atomic E-state index is 5.14. The first-order valence-corrected chi connectivity index (χ1v) is 6.05. The standard InChI is InChI=1S/C8H13N3S2/c1-2-11-7(9-10-8(11)12)6-4-3-5-13-6/h6H,2-5H2,1H3,(H,10,12). The highest BCUT2D eigenvalue weighted by molar-refractivity contribution is 7.99. The Kier molecular flexibility index (Phi) is 2.74. The van der Waals surface area contributed by atoms with Crippen LogP contribution < -0.4 is 0 Å². The van der Waals surface area contributed by atoms with Crippen molar-refractivity contribution in [3.05, 3.63) is 10.6 Å². The molecule has 2 rings (SSSR count).